The zero-order valence-electron chi connectivity index (χ0n) is 11.5. The predicted molar refractivity (Wildman–Crippen MR) is 72.8 cm³/mol. The van der Waals surface area contributed by atoms with E-state index in [1.807, 2.05) is 0 Å². The Labute approximate surface area is 108 Å². The summed E-state index contributed by atoms with van der Waals surface area (Å²) in [5.41, 5.74) is 5.55. The molecule has 0 aromatic carbocycles. The number of anilines is 2. The second-order valence-corrected chi connectivity index (χ2v) is 5.40. The van der Waals surface area contributed by atoms with E-state index in [-0.39, 0.29) is 17.2 Å². The number of nitrogens with one attached hydrogen (secondary N) is 1. The van der Waals surface area contributed by atoms with E-state index < -0.39 is 5.82 Å². The second-order valence-electron chi connectivity index (χ2n) is 5.40. The van der Waals surface area contributed by atoms with Gasteiger partial charge in [0.2, 0.25) is 5.95 Å². The summed E-state index contributed by atoms with van der Waals surface area (Å²) in [5, 5.41) is 3.01. The Hall–Kier alpha value is -1.39. The van der Waals surface area contributed by atoms with E-state index in [9.17, 15) is 4.39 Å². The molecule has 0 aliphatic heterocycles. The van der Waals surface area contributed by atoms with Crippen LogP contribution in [0.2, 0.25) is 0 Å². The Bertz CT molecular complexity index is 379. The minimum absolute atomic E-state index is 0.0858. The number of aromatic nitrogens is 2. The molecular weight excluding hydrogens is 231 g/mol. The molecule has 1 rings (SSSR count). The van der Waals surface area contributed by atoms with Crippen LogP contribution >= 0.6 is 0 Å². The maximum atomic E-state index is 13.4. The summed E-state index contributed by atoms with van der Waals surface area (Å²) in [5.74, 6) is -0.192. The number of nitrogens with zero attached hydrogens (tertiary/aromatic N) is 2. The topological polar surface area (TPSA) is 63.8 Å². The van der Waals surface area contributed by atoms with Gasteiger partial charge in [0.25, 0.3) is 0 Å². The molecule has 1 aromatic rings. The lowest BCUT2D eigenvalue weighted by atomic mass is 9.87. The fourth-order valence-electron chi connectivity index (χ4n) is 1.77. The van der Waals surface area contributed by atoms with Crippen molar-refractivity contribution in [2.45, 2.75) is 46.5 Å². The highest BCUT2D eigenvalue weighted by Crippen LogP contribution is 2.24. The highest BCUT2D eigenvalue weighted by atomic mass is 19.1. The molecule has 1 aromatic heterocycles. The van der Waals surface area contributed by atoms with Gasteiger partial charge in [0.15, 0.2) is 11.6 Å². The van der Waals surface area contributed by atoms with Crippen molar-refractivity contribution in [3.63, 3.8) is 0 Å². The molecule has 1 heterocycles. The quantitative estimate of drug-likeness (QED) is 0.733. The summed E-state index contributed by atoms with van der Waals surface area (Å²) < 4.78 is 13.4. The molecule has 0 saturated carbocycles. The van der Waals surface area contributed by atoms with Crippen LogP contribution in [-0.4, -0.2) is 16.5 Å². The van der Waals surface area contributed by atoms with E-state index in [0.717, 1.165) is 12.6 Å². The molecule has 0 fully saturated rings. The first-order chi connectivity index (χ1) is 8.44. The normalized spacial score (nSPS) is 11.6. The van der Waals surface area contributed by atoms with Gasteiger partial charge < -0.3 is 11.1 Å². The fourth-order valence-corrected chi connectivity index (χ4v) is 1.77. The molecule has 0 atom stereocenters. The van der Waals surface area contributed by atoms with Gasteiger partial charge in [-0.3, -0.25) is 0 Å². The van der Waals surface area contributed by atoms with E-state index in [1.54, 1.807) is 0 Å². The van der Waals surface area contributed by atoms with E-state index in [2.05, 4.69) is 36.1 Å². The average molecular weight is 254 g/mol. The van der Waals surface area contributed by atoms with Crippen LogP contribution in [0.5, 0.6) is 0 Å². The van der Waals surface area contributed by atoms with E-state index >= 15 is 0 Å². The summed E-state index contributed by atoms with van der Waals surface area (Å²) in [6, 6.07) is 0. The lowest BCUT2D eigenvalue weighted by Gasteiger charge is -2.25. The summed E-state index contributed by atoms with van der Waals surface area (Å²) in [4.78, 5) is 7.45. The van der Waals surface area contributed by atoms with Crippen molar-refractivity contribution in [3.05, 3.63) is 12.0 Å². The van der Waals surface area contributed by atoms with Crippen molar-refractivity contribution in [2.75, 3.05) is 17.6 Å². The molecule has 3 N–H and O–H groups in total. The average Bonchev–Trinajstić information content (AvgIpc) is 2.31. The maximum Gasteiger partial charge on any atom is 0.222 e. The number of hydrogen-bond donors (Lipinski definition) is 2. The number of unbranched alkanes of at least 4 members (excludes halogenated alkanes) is 2. The standard InChI is InChI=1S/C13H23FN4/c1-4-5-6-7-13(2,3)9-17-11-10(14)8-16-12(15)18-11/h8H,4-7,9H2,1-3H3,(H3,15,16,17,18). The number of nitrogens with two attached hydrogens (primary N) is 1. The molecule has 0 unspecified atom stereocenters. The Balaban J connectivity index is 2.50. The lowest BCUT2D eigenvalue weighted by Crippen LogP contribution is -2.24. The summed E-state index contributed by atoms with van der Waals surface area (Å²) in [7, 11) is 0. The van der Waals surface area contributed by atoms with Gasteiger partial charge in [-0.25, -0.2) is 9.37 Å². The largest absolute Gasteiger partial charge is 0.368 e. The smallest absolute Gasteiger partial charge is 0.222 e. The van der Waals surface area contributed by atoms with Gasteiger partial charge in [-0.05, 0) is 11.8 Å². The molecule has 0 radical (unpaired) electrons. The van der Waals surface area contributed by atoms with Gasteiger partial charge in [0, 0.05) is 6.54 Å². The maximum absolute atomic E-state index is 13.4. The molecule has 0 saturated heterocycles. The summed E-state index contributed by atoms with van der Waals surface area (Å²) in [6.07, 6.45) is 5.84. The molecule has 5 heteroatoms. The van der Waals surface area contributed by atoms with E-state index in [1.165, 1.54) is 19.3 Å². The van der Waals surface area contributed by atoms with Gasteiger partial charge >= 0.3 is 0 Å². The van der Waals surface area contributed by atoms with Crippen LogP contribution in [0.4, 0.5) is 16.2 Å². The van der Waals surface area contributed by atoms with Crippen molar-refractivity contribution in [3.8, 4) is 0 Å². The number of nitrogen functional groups attached to an aromatic ring is 1. The number of rotatable bonds is 7. The zero-order valence-corrected chi connectivity index (χ0v) is 11.5. The highest BCUT2D eigenvalue weighted by Gasteiger charge is 2.18. The Morgan fingerprint density at radius 3 is 2.78 bits per heavy atom. The van der Waals surface area contributed by atoms with Gasteiger partial charge in [0.1, 0.15) is 0 Å². The van der Waals surface area contributed by atoms with Crippen molar-refractivity contribution in [2.24, 2.45) is 5.41 Å². The van der Waals surface area contributed by atoms with Crippen LogP contribution in [0.3, 0.4) is 0 Å². The Morgan fingerprint density at radius 1 is 1.39 bits per heavy atom. The third kappa shape index (κ3) is 4.85. The predicted octanol–water partition coefficient (Wildman–Crippen LogP) is 3.22. The van der Waals surface area contributed by atoms with E-state index in [0.29, 0.717) is 6.54 Å². The Morgan fingerprint density at radius 2 is 2.11 bits per heavy atom. The molecule has 0 bridgehead atoms. The first kappa shape index (κ1) is 14.7. The molecule has 0 aliphatic rings. The SMILES string of the molecule is CCCCCC(C)(C)CNc1nc(N)ncc1F. The van der Waals surface area contributed by atoms with Crippen LogP contribution in [-0.2, 0) is 0 Å². The molecular formula is C13H23FN4. The minimum Gasteiger partial charge on any atom is -0.368 e. The molecule has 18 heavy (non-hydrogen) atoms. The summed E-state index contributed by atoms with van der Waals surface area (Å²) in [6.45, 7) is 7.19. The second kappa shape index (κ2) is 6.52. The van der Waals surface area contributed by atoms with Gasteiger partial charge in [0.05, 0.1) is 6.20 Å². The van der Waals surface area contributed by atoms with Gasteiger partial charge in [-0.1, -0.05) is 40.0 Å². The first-order valence-electron chi connectivity index (χ1n) is 6.46. The number of hydrogen-bond acceptors (Lipinski definition) is 4. The Kier molecular flexibility index (Phi) is 5.31. The van der Waals surface area contributed by atoms with Crippen LogP contribution < -0.4 is 11.1 Å². The van der Waals surface area contributed by atoms with Crippen LogP contribution in [0.1, 0.15) is 46.5 Å². The lowest BCUT2D eigenvalue weighted by molar-refractivity contribution is 0.341. The number of halogens is 1. The molecule has 0 aliphatic carbocycles. The zero-order chi connectivity index (χ0) is 13.6. The first-order valence-corrected chi connectivity index (χ1v) is 6.46. The van der Waals surface area contributed by atoms with Gasteiger partial charge in [-0.2, -0.15) is 4.98 Å². The van der Waals surface area contributed by atoms with Gasteiger partial charge in [-0.15, -0.1) is 0 Å². The third-order valence-corrected chi connectivity index (χ3v) is 2.95. The third-order valence-electron chi connectivity index (χ3n) is 2.95. The van der Waals surface area contributed by atoms with Crippen LogP contribution in [0.15, 0.2) is 6.20 Å². The van der Waals surface area contributed by atoms with Crippen LogP contribution in [0.25, 0.3) is 0 Å². The van der Waals surface area contributed by atoms with Crippen molar-refractivity contribution >= 4 is 11.8 Å². The highest BCUT2D eigenvalue weighted by molar-refractivity contribution is 5.39. The molecule has 0 amide bonds. The van der Waals surface area contributed by atoms with Crippen molar-refractivity contribution < 1.29 is 4.39 Å². The van der Waals surface area contributed by atoms with Crippen molar-refractivity contribution in [1.82, 2.24) is 9.97 Å². The van der Waals surface area contributed by atoms with E-state index in [4.69, 9.17) is 5.73 Å². The summed E-state index contributed by atoms with van der Waals surface area (Å²) >= 11 is 0. The minimum atomic E-state index is -0.464. The van der Waals surface area contributed by atoms with Crippen molar-refractivity contribution in [1.29, 1.82) is 0 Å². The monoisotopic (exact) mass is 254 g/mol. The molecule has 4 nitrogen and oxygen atoms in total. The fraction of sp³-hybridized carbons (Fsp3) is 0.692. The molecule has 102 valence electrons. The molecule has 0 spiro atoms. The van der Waals surface area contributed by atoms with Crippen LogP contribution in [0, 0.1) is 11.2 Å².